The van der Waals surface area contributed by atoms with Gasteiger partial charge in [-0.05, 0) is 6.07 Å². The minimum Gasteiger partial charge on any atom is -0.383 e. The van der Waals surface area contributed by atoms with Gasteiger partial charge >= 0.3 is 0 Å². The third-order valence-corrected chi connectivity index (χ3v) is 2.88. The molecule has 0 spiro atoms. The Bertz CT molecular complexity index is 409. The topological polar surface area (TPSA) is 101 Å². The second-order valence-corrected chi connectivity index (χ2v) is 3.95. The van der Waals surface area contributed by atoms with Crippen LogP contribution in [0.2, 0.25) is 0 Å². The van der Waals surface area contributed by atoms with Crippen molar-refractivity contribution in [1.82, 2.24) is 4.98 Å². The van der Waals surface area contributed by atoms with Gasteiger partial charge in [0.15, 0.2) is 0 Å². The molecule has 1 aliphatic rings. The van der Waals surface area contributed by atoms with Crippen LogP contribution in [-0.4, -0.2) is 43.5 Å². The molecule has 0 amide bonds. The van der Waals surface area contributed by atoms with Crippen molar-refractivity contribution in [2.45, 2.75) is 6.10 Å². The number of ether oxygens (including phenoxy) is 1. The number of nitrogens with one attached hydrogen (secondary N) is 1. The molecular weight excluding hydrogens is 218 g/mol. The molecule has 0 bridgehead atoms. The summed E-state index contributed by atoms with van der Waals surface area (Å²) in [7, 11) is 0. The summed E-state index contributed by atoms with van der Waals surface area (Å²) < 4.78 is 5.51. The average molecular weight is 235 g/mol. The number of anilines is 2. The van der Waals surface area contributed by atoms with Crippen LogP contribution < -0.4 is 16.4 Å². The molecule has 0 aliphatic carbocycles. The molecule has 0 radical (unpaired) electrons. The van der Waals surface area contributed by atoms with E-state index < -0.39 is 0 Å². The Balaban J connectivity index is 2.27. The van der Waals surface area contributed by atoms with E-state index in [4.69, 9.17) is 21.6 Å². The largest absolute Gasteiger partial charge is 0.383 e. The minimum absolute atomic E-state index is 0.0386. The van der Waals surface area contributed by atoms with Crippen LogP contribution >= 0.6 is 0 Å². The van der Waals surface area contributed by atoms with Crippen molar-refractivity contribution in [2.75, 3.05) is 36.9 Å². The molecule has 1 unspecified atom stereocenters. The highest BCUT2D eigenvalue weighted by Gasteiger charge is 2.21. The number of morpholine rings is 1. The summed E-state index contributed by atoms with van der Waals surface area (Å²) in [4.78, 5) is 6.13. The van der Waals surface area contributed by atoms with Gasteiger partial charge in [-0.3, -0.25) is 0 Å². The highest BCUT2D eigenvalue weighted by atomic mass is 16.5. The molecule has 6 nitrogen and oxygen atoms in total. The molecule has 1 aromatic rings. The fourth-order valence-electron chi connectivity index (χ4n) is 1.98. The molecule has 0 saturated carbocycles. The van der Waals surface area contributed by atoms with E-state index in [1.165, 1.54) is 6.21 Å². The number of nitrogens with two attached hydrogens (primary N) is 2. The fraction of sp³-hybridized carbons (Fsp3) is 0.455. The Morgan fingerprint density at radius 3 is 3.18 bits per heavy atom. The van der Waals surface area contributed by atoms with Crippen LogP contribution in [0.15, 0.2) is 12.3 Å². The van der Waals surface area contributed by atoms with Crippen molar-refractivity contribution in [2.24, 2.45) is 5.73 Å². The van der Waals surface area contributed by atoms with Crippen molar-refractivity contribution < 1.29 is 4.74 Å². The Kier molecular flexibility index (Phi) is 3.55. The molecule has 2 rings (SSSR count). The van der Waals surface area contributed by atoms with Gasteiger partial charge in [0.05, 0.1) is 24.0 Å². The summed E-state index contributed by atoms with van der Waals surface area (Å²) in [6, 6.07) is 1.87. The molecule has 92 valence electrons. The van der Waals surface area contributed by atoms with Crippen LogP contribution in [0.3, 0.4) is 0 Å². The third kappa shape index (κ3) is 2.37. The van der Waals surface area contributed by atoms with Crippen LogP contribution in [0.4, 0.5) is 11.5 Å². The zero-order valence-electron chi connectivity index (χ0n) is 9.60. The number of nitrogen functional groups attached to an aromatic ring is 1. The molecule has 6 heteroatoms. The SMILES string of the molecule is N=Cc1c(N2CCOC(CN)C2)ccnc1N. The van der Waals surface area contributed by atoms with E-state index in [-0.39, 0.29) is 6.10 Å². The van der Waals surface area contributed by atoms with Crippen LogP contribution in [-0.2, 0) is 4.74 Å². The van der Waals surface area contributed by atoms with Gasteiger partial charge in [0.25, 0.3) is 0 Å². The van der Waals surface area contributed by atoms with Gasteiger partial charge in [0.2, 0.25) is 0 Å². The Morgan fingerprint density at radius 1 is 1.65 bits per heavy atom. The van der Waals surface area contributed by atoms with Crippen LogP contribution in [0.1, 0.15) is 5.56 Å². The molecule has 1 saturated heterocycles. The first-order valence-corrected chi connectivity index (χ1v) is 5.58. The predicted molar refractivity (Wildman–Crippen MR) is 67.5 cm³/mol. The predicted octanol–water partition coefficient (Wildman–Crippen LogP) is -0.175. The van der Waals surface area contributed by atoms with E-state index >= 15 is 0 Å². The van der Waals surface area contributed by atoms with Gasteiger partial charge < -0.3 is 26.5 Å². The molecule has 5 N–H and O–H groups in total. The third-order valence-electron chi connectivity index (χ3n) is 2.88. The van der Waals surface area contributed by atoms with Crippen LogP contribution in [0, 0.1) is 5.41 Å². The van der Waals surface area contributed by atoms with E-state index in [0.29, 0.717) is 24.5 Å². The monoisotopic (exact) mass is 235 g/mol. The highest BCUT2D eigenvalue weighted by molar-refractivity contribution is 5.91. The number of hydrogen-bond acceptors (Lipinski definition) is 6. The Morgan fingerprint density at radius 2 is 2.47 bits per heavy atom. The molecule has 1 fully saturated rings. The van der Waals surface area contributed by atoms with Gasteiger partial charge in [-0.15, -0.1) is 0 Å². The zero-order valence-corrected chi connectivity index (χ0v) is 9.60. The van der Waals surface area contributed by atoms with E-state index in [9.17, 15) is 0 Å². The molecule has 0 aromatic carbocycles. The number of aromatic nitrogens is 1. The maximum atomic E-state index is 7.41. The smallest absolute Gasteiger partial charge is 0.134 e. The van der Waals surface area contributed by atoms with Gasteiger partial charge in [-0.1, -0.05) is 0 Å². The van der Waals surface area contributed by atoms with Gasteiger partial charge in [0.1, 0.15) is 5.82 Å². The van der Waals surface area contributed by atoms with E-state index in [0.717, 1.165) is 18.8 Å². The van der Waals surface area contributed by atoms with E-state index in [1.807, 2.05) is 6.07 Å². The van der Waals surface area contributed by atoms with Crippen molar-refractivity contribution in [3.63, 3.8) is 0 Å². The molecule has 1 aliphatic heterocycles. The van der Waals surface area contributed by atoms with Crippen molar-refractivity contribution in [3.8, 4) is 0 Å². The maximum Gasteiger partial charge on any atom is 0.134 e. The first-order chi connectivity index (χ1) is 8.26. The second kappa shape index (κ2) is 5.11. The second-order valence-electron chi connectivity index (χ2n) is 3.95. The normalized spacial score (nSPS) is 20.3. The summed E-state index contributed by atoms with van der Waals surface area (Å²) in [5.74, 6) is 0.383. The molecule has 2 heterocycles. The van der Waals surface area contributed by atoms with Crippen molar-refractivity contribution in [3.05, 3.63) is 17.8 Å². The van der Waals surface area contributed by atoms with Crippen LogP contribution in [0.5, 0.6) is 0 Å². The molecule has 1 aromatic heterocycles. The summed E-state index contributed by atoms with van der Waals surface area (Å²) in [6.07, 6.45) is 2.94. The number of hydrogen-bond donors (Lipinski definition) is 3. The van der Waals surface area contributed by atoms with Crippen molar-refractivity contribution >= 4 is 17.7 Å². The lowest BCUT2D eigenvalue weighted by molar-refractivity contribution is 0.0465. The van der Waals surface area contributed by atoms with E-state index in [1.54, 1.807) is 6.20 Å². The number of pyridine rings is 1. The highest BCUT2D eigenvalue weighted by Crippen LogP contribution is 2.24. The standard InChI is InChI=1S/C11H17N5O/c12-5-8-7-16(3-4-17-8)10-1-2-15-11(14)9(10)6-13/h1-2,6,8,13H,3-5,7,12H2,(H2,14,15). The van der Waals surface area contributed by atoms with Gasteiger partial charge in [-0.2, -0.15) is 0 Å². The first-order valence-electron chi connectivity index (χ1n) is 5.58. The lowest BCUT2D eigenvalue weighted by Gasteiger charge is -2.34. The number of rotatable bonds is 3. The number of nitrogens with zero attached hydrogens (tertiary/aromatic N) is 2. The first kappa shape index (κ1) is 11.8. The maximum absolute atomic E-state index is 7.41. The Labute approximate surface area is 100 Å². The summed E-state index contributed by atoms with van der Waals surface area (Å²) in [5.41, 5.74) is 13.0. The summed E-state index contributed by atoms with van der Waals surface area (Å²) in [6.45, 7) is 2.64. The van der Waals surface area contributed by atoms with Gasteiger partial charge in [-0.25, -0.2) is 4.98 Å². The fourth-order valence-corrected chi connectivity index (χ4v) is 1.98. The van der Waals surface area contributed by atoms with Gasteiger partial charge in [0, 0.05) is 32.0 Å². The molecule has 17 heavy (non-hydrogen) atoms. The quantitative estimate of drug-likeness (QED) is 0.631. The zero-order chi connectivity index (χ0) is 12.3. The van der Waals surface area contributed by atoms with Crippen molar-refractivity contribution in [1.29, 1.82) is 5.41 Å². The van der Waals surface area contributed by atoms with Crippen LogP contribution in [0.25, 0.3) is 0 Å². The van der Waals surface area contributed by atoms with E-state index in [2.05, 4.69) is 9.88 Å². The molecular formula is C11H17N5O. The average Bonchev–Trinajstić information content (AvgIpc) is 2.38. The molecule has 1 atom stereocenters. The summed E-state index contributed by atoms with van der Waals surface area (Å²) in [5, 5.41) is 7.41. The minimum atomic E-state index is 0.0386. The Hall–Kier alpha value is -1.66. The summed E-state index contributed by atoms with van der Waals surface area (Å²) >= 11 is 0. The lowest BCUT2D eigenvalue weighted by Crippen LogP contribution is -2.46. The lowest BCUT2D eigenvalue weighted by atomic mass is 10.1.